The summed E-state index contributed by atoms with van der Waals surface area (Å²) in [5.74, 6) is 0.748. The maximum atomic E-state index is 5.01. The van der Waals surface area contributed by atoms with E-state index in [-0.39, 0.29) is 0 Å². The van der Waals surface area contributed by atoms with E-state index in [0.29, 0.717) is 12.1 Å². The first-order valence-electron chi connectivity index (χ1n) is 7.08. The van der Waals surface area contributed by atoms with Crippen molar-refractivity contribution in [3.8, 4) is 17.4 Å². The maximum absolute atomic E-state index is 5.01. The van der Waals surface area contributed by atoms with Gasteiger partial charge in [-0.1, -0.05) is 18.2 Å². The van der Waals surface area contributed by atoms with Crippen LogP contribution in [0.15, 0.2) is 24.3 Å². The van der Waals surface area contributed by atoms with Crippen molar-refractivity contribution in [2.24, 2.45) is 0 Å². The smallest absolute Gasteiger partial charge is 0.335 e. The van der Waals surface area contributed by atoms with E-state index in [1.807, 2.05) is 6.07 Å². The highest BCUT2D eigenvalue weighted by molar-refractivity contribution is 5.56. The summed E-state index contributed by atoms with van der Waals surface area (Å²) >= 11 is 0. The van der Waals surface area contributed by atoms with Gasteiger partial charge in [0.1, 0.15) is 0 Å². The summed E-state index contributed by atoms with van der Waals surface area (Å²) in [6, 6.07) is 9.30. The summed E-state index contributed by atoms with van der Waals surface area (Å²) in [5.41, 5.74) is 2.36. The van der Waals surface area contributed by atoms with E-state index >= 15 is 0 Å². The van der Waals surface area contributed by atoms with Crippen molar-refractivity contribution in [2.45, 2.75) is 25.8 Å². The fourth-order valence-corrected chi connectivity index (χ4v) is 2.75. The number of hydrogen-bond donors (Lipinski definition) is 1. The molecule has 0 spiro atoms. The molecule has 1 aliphatic heterocycles. The molecule has 0 amide bonds. The van der Waals surface area contributed by atoms with Crippen LogP contribution in [0.5, 0.6) is 6.01 Å². The Hall–Kier alpha value is -1.88. The first-order chi connectivity index (χ1) is 9.78. The zero-order valence-electron chi connectivity index (χ0n) is 12.0. The standard InChI is InChI=1S/C15H20N4O/c1-11(19-8-3-4-9-19)12-6-5-7-13(10-12)14-16-15(20-2)18-17-14/h5-7,10-11H,3-4,8-9H2,1-2H3,(H,16,17,18)/t11-/m1/s1. The van der Waals surface area contributed by atoms with E-state index in [2.05, 4.69) is 45.2 Å². The molecule has 1 aliphatic rings. The number of likely N-dealkylation sites (tertiary alicyclic amines) is 1. The fraction of sp³-hybridized carbons (Fsp3) is 0.467. The molecule has 1 aromatic carbocycles. The van der Waals surface area contributed by atoms with Gasteiger partial charge in [0.15, 0.2) is 5.82 Å². The van der Waals surface area contributed by atoms with Gasteiger partial charge < -0.3 is 4.74 Å². The Bertz CT molecular complexity index is 575. The van der Waals surface area contributed by atoms with Gasteiger partial charge in [-0.15, -0.1) is 5.10 Å². The summed E-state index contributed by atoms with van der Waals surface area (Å²) in [6.45, 7) is 4.66. The zero-order chi connectivity index (χ0) is 13.9. The van der Waals surface area contributed by atoms with Crippen LogP contribution in [0, 0.1) is 0 Å². The Morgan fingerprint density at radius 3 is 2.80 bits per heavy atom. The van der Waals surface area contributed by atoms with Gasteiger partial charge in [0.25, 0.3) is 0 Å². The van der Waals surface area contributed by atoms with Gasteiger partial charge in [0.2, 0.25) is 0 Å². The average molecular weight is 272 g/mol. The largest absolute Gasteiger partial charge is 0.466 e. The fourth-order valence-electron chi connectivity index (χ4n) is 2.75. The predicted molar refractivity (Wildman–Crippen MR) is 77.6 cm³/mol. The number of methoxy groups -OCH3 is 1. The molecule has 20 heavy (non-hydrogen) atoms. The topological polar surface area (TPSA) is 54.0 Å². The molecule has 1 aromatic heterocycles. The first kappa shape index (κ1) is 13.1. The summed E-state index contributed by atoms with van der Waals surface area (Å²) < 4.78 is 5.01. The minimum atomic E-state index is 0.373. The highest BCUT2D eigenvalue weighted by Gasteiger charge is 2.19. The Labute approximate surface area is 119 Å². The number of ether oxygens (including phenoxy) is 1. The highest BCUT2D eigenvalue weighted by Crippen LogP contribution is 2.27. The van der Waals surface area contributed by atoms with Gasteiger partial charge in [-0.25, -0.2) is 0 Å². The number of hydrogen-bond acceptors (Lipinski definition) is 4. The molecule has 1 fully saturated rings. The Morgan fingerprint density at radius 2 is 2.10 bits per heavy atom. The molecule has 0 aliphatic carbocycles. The molecule has 5 heteroatoms. The Kier molecular flexibility index (Phi) is 3.69. The third kappa shape index (κ3) is 2.54. The van der Waals surface area contributed by atoms with Crippen LogP contribution in [0.25, 0.3) is 11.4 Å². The number of nitrogens with zero attached hydrogens (tertiary/aromatic N) is 3. The third-order valence-electron chi connectivity index (χ3n) is 3.98. The molecular formula is C15H20N4O. The second kappa shape index (κ2) is 5.63. The Balaban J connectivity index is 1.85. The molecule has 1 N–H and O–H groups in total. The molecule has 1 atom stereocenters. The van der Waals surface area contributed by atoms with Crippen LogP contribution >= 0.6 is 0 Å². The number of nitrogens with one attached hydrogen (secondary N) is 1. The van der Waals surface area contributed by atoms with Crippen LogP contribution in [0.4, 0.5) is 0 Å². The van der Waals surface area contributed by atoms with Crippen molar-refractivity contribution in [1.82, 2.24) is 20.1 Å². The van der Waals surface area contributed by atoms with Crippen molar-refractivity contribution in [2.75, 3.05) is 20.2 Å². The quantitative estimate of drug-likeness (QED) is 0.929. The lowest BCUT2D eigenvalue weighted by molar-refractivity contribution is 0.263. The summed E-state index contributed by atoms with van der Waals surface area (Å²) in [5, 5.41) is 6.90. The molecule has 5 nitrogen and oxygen atoms in total. The molecule has 2 aromatic rings. The molecule has 0 radical (unpaired) electrons. The molecule has 3 rings (SSSR count). The van der Waals surface area contributed by atoms with E-state index in [9.17, 15) is 0 Å². The third-order valence-corrected chi connectivity index (χ3v) is 3.98. The molecule has 106 valence electrons. The van der Waals surface area contributed by atoms with Crippen molar-refractivity contribution in [3.63, 3.8) is 0 Å². The average Bonchev–Trinajstić information content (AvgIpc) is 3.17. The Morgan fingerprint density at radius 1 is 1.30 bits per heavy atom. The van der Waals surface area contributed by atoms with Crippen LogP contribution in [0.3, 0.4) is 0 Å². The molecule has 0 unspecified atom stereocenters. The van der Waals surface area contributed by atoms with Crippen molar-refractivity contribution >= 4 is 0 Å². The molecule has 1 saturated heterocycles. The van der Waals surface area contributed by atoms with Gasteiger partial charge in [0.05, 0.1) is 7.11 Å². The van der Waals surface area contributed by atoms with Gasteiger partial charge >= 0.3 is 6.01 Å². The van der Waals surface area contributed by atoms with Gasteiger partial charge in [-0.2, -0.15) is 4.98 Å². The lowest BCUT2D eigenvalue weighted by Gasteiger charge is -2.24. The minimum Gasteiger partial charge on any atom is -0.466 e. The molecule has 0 bridgehead atoms. The van der Waals surface area contributed by atoms with Gasteiger partial charge in [-0.3, -0.25) is 10.00 Å². The molecule has 0 saturated carbocycles. The van der Waals surface area contributed by atoms with Gasteiger partial charge in [0, 0.05) is 11.6 Å². The van der Waals surface area contributed by atoms with Gasteiger partial charge in [-0.05, 0) is 44.5 Å². The van der Waals surface area contributed by atoms with E-state index in [1.165, 1.54) is 31.5 Å². The molecule has 2 heterocycles. The zero-order valence-corrected chi connectivity index (χ0v) is 12.0. The van der Waals surface area contributed by atoms with Crippen LogP contribution in [-0.2, 0) is 0 Å². The number of aromatic nitrogens is 3. The SMILES string of the molecule is COc1n[nH]c(-c2cccc([C@@H](C)N3CCCC3)c2)n1. The number of H-pyrrole nitrogens is 1. The van der Waals surface area contributed by atoms with Crippen LogP contribution in [-0.4, -0.2) is 40.3 Å². The van der Waals surface area contributed by atoms with Crippen LogP contribution in [0.2, 0.25) is 0 Å². The van der Waals surface area contributed by atoms with E-state index < -0.39 is 0 Å². The number of benzene rings is 1. The number of aromatic amines is 1. The monoisotopic (exact) mass is 272 g/mol. The van der Waals surface area contributed by atoms with Crippen molar-refractivity contribution in [1.29, 1.82) is 0 Å². The minimum absolute atomic E-state index is 0.373. The second-order valence-corrected chi connectivity index (χ2v) is 5.22. The van der Waals surface area contributed by atoms with Crippen LogP contribution in [0.1, 0.15) is 31.4 Å². The first-order valence-corrected chi connectivity index (χ1v) is 7.08. The molecular weight excluding hydrogens is 252 g/mol. The maximum Gasteiger partial charge on any atom is 0.335 e. The lowest BCUT2D eigenvalue weighted by Crippen LogP contribution is -2.23. The predicted octanol–water partition coefficient (Wildman–Crippen LogP) is 2.64. The van der Waals surface area contributed by atoms with E-state index in [1.54, 1.807) is 7.11 Å². The summed E-state index contributed by atoms with van der Waals surface area (Å²) in [7, 11) is 1.57. The number of rotatable bonds is 4. The van der Waals surface area contributed by atoms with E-state index in [0.717, 1.165) is 11.4 Å². The summed E-state index contributed by atoms with van der Waals surface area (Å²) in [4.78, 5) is 6.82. The van der Waals surface area contributed by atoms with Crippen molar-refractivity contribution in [3.05, 3.63) is 29.8 Å². The van der Waals surface area contributed by atoms with Crippen molar-refractivity contribution < 1.29 is 4.74 Å². The second-order valence-electron chi connectivity index (χ2n) is 5.22. The normalized spacial score (nSPS) is 17.3. The summed E-state index contributed by atoms with van der Waals surface area (Å²) in [6.07, 6.45) is 2.62. The highest BCUT2D eigenvalue weighted by atomic mass is 16.5. The van der Waals surface area contributed by atoms with E-state index in [4.69, 9.17) is 4.74 Å². The lowest BCUT2D eigenvalue weighted by atomic mass is 10.0. The van der Waals surface area contributed by atoms with Crippen LogP contribution < -0.4 is 4.74 Å².